The lowest BCUT2D eigenvalue weighted by molar-refractivity contribution is -0.318. The third-order valence-electron chi connectivity index (χ3n) is 18.0. The number of carboxylic acid groups (broad SMARTS) is 1. The zero-order valence-corrected chi connectivity index (χ0v) is 53.6. The van der Waals surface area contributed by atoms with Crippen LogP contribution < -0.4 is 16.1 Å². The Bertz CT molecular complexity index is 2790. The van der Waals surface area contributed by atoms with E-state index >= 15 is 0 Å². The fourth-order valence-corrected chi connectivity index (χ4v) is 13.3. The van der Waals surface area contributed by atoms with E-state index in [9.17, 15) is 44.1 Å². The van der Waals surface area contributed by atoms with E-state index in [-0.39, 0.29) is 87.2 Å². The van der Waals surface area contributed by atoms with Gasteiger partial charge in [0.15, 0.2) is 30.4 Å². The van der Waals surface area contributed by atoms with Crippen LogP contribution in [0.5, 0.6) is 0 Å². The maximum atomic E-state index is 14.8. The number of aromatic carboxylic acids is 1. The van der Waals surface area contributed by atoms with Crippen molar-refractivity contribution in [3.05, 3.63) is 39.1 Å². The number of benzene rings is 1. The molecular formula is C61H94ClN5O20. The van der Waals surface area contributed by atoms with E-state index in [1.165, 1.54) is 13.3 Å². The van der Waals surface area contributed by atoms with Crippen LogP contribution >= 0.6 is 11.6 Å². The van der Waals surface area contributed by atoms with E-state index in [1.807, 2.05) is 58.6 Å². The second-order valence-electron chi connectivity index (χ2n) is 25.4. The third-order valence-corrected chi connectivity index (χ3v) is 18.3. The molecule has 4 saturated heterocycles. The minimum absolute atomic E-state index is 0.0275. The minimum atomic E-state index is -1.66. The molecule has 1 saturated carbocycles. The number of amides is 1. The molecule has 0 unspecified atom stereocenters. The number of hydrogen-bond acceptors (Lipinski definition) is 22. The molecule has 0 spiro atoms. The predicted molar refractivity (Wildman–Crippen MR) is 317 cm³/mol. The molecule has 5 heterocycles. The van der Waals surface area contributed by atoms with E-state index < -0.39 is 132 Å². The summed E-state index contributed by atoms with van der Waals surface area (Å²) in [7, 11) is 7.08. The van der Waals surface area contributed by atoms with Crippen LogP contribution in [0.25, 0.3) is 10.9 Å². The lowest BCUT2D eigenvalue weighted by Gasteiger charge is -2.49. The largest absolute Gasteiger partial charge is 0.509 e. The zero-order chi connectivity index (χ0) is 64.0. The van der Waals surface area contributed by atoms with E-state index in [0.29, 0.717) is 35.7 Å². The van der Waals surface area contributed by atoms with Crippen LogP contribution in [0.3, 0.4) is 0 Å². The van der Waals surface area contributed by atoms with Crippen molar-refractivity contribution in [2.75, 3.05) is 79.6 Å². The summed E-state index contributed by atoms with van der Waals surface area (Å²) >= 11 is 6.56. The molecule has 5 aliphatic rings. The fraction of sp³-hybridized carbons (Fsp3) is 0.770. The number of carbonyl (C=O) groups is 5. The molecule has 1 aromatic carbocycles. The number of fused-ring (bicyclic) bond motifs is 2. The van der Waals surface area contributed by atoms with E-state index in [4.69, 9.17) is 63.7 Å². The number of rotatable bonds is 22. The Morgan fingerprint density at radius 2 is 1.61 bits per heavy atom. The summed E-state index contributed by atoms with van der Waals surface area (Å²) in [5.74, 6) is -5.40. The van der Waals surface area contributed by atoms with Crippen molar-refractivity contribution in [2.24, 2.45) is 17.8 Å². The SMILES string of the molecule is CC[C@H]1OC(=O)[C@H](C)[C@@H](O[C@H]2C[C@@](C)(OC)[C@@H](OC(=O)CNC(=O)CCOCCOCCNc3cc4c(=O)c(C(=O)O)cn(C5CC5)c4cc3Cl)[C@H](C)O2)[C@H](C)[C@@H](O[C@@H]2O[C@H](C)C[C@H](N(C)C)[C@H]2O)[C@](C)(O)C[C@@H](C)CN(C)[C@H](C)[C@H]2OC(=O)O[C@@]21C. The normalized spacial score (nSPS) is 35.5. The first kappa shape index (κ1) is 69.7. The molecule has 5 N–H and O–H groups in total. The van der Waals surface area contributed by atoms with Crippen LogP contribution in [0.4, 0.5) is 10.5 Å². The molecule has 0 radical (unpaired) electrons. The summed E-state index contributed by atoms with van der Waals surface area (Å²) < 4.78 is 69.7. The topological polar surface area (TPSA) is 300 Å². The highest BCUT2D eigenvalue weighted by molar-refractivity contribution is 6.34. The van der Waals surface area contributed by atoms with Crippen molar-refractivity contribution in [1.82, 2.24) is 19.7 Å². The molecule has 490 valence electrons. The predicted octanol–water partition coefficient (Wildman–Crippen LogP) is 5.29. The van der Waals surface area contributed by atoms with Crippen molar-refractivity contribution in [3.8, 4) is 0 Å². The molecule has 26 heteroatoms. The number of ether oxygens (including phenoxy) is 11. The number of hydrogen-bond donors (Lipinski definition) is 5. The minimum Gasteiger partial charge on any atom is -0.477 e. The molecule has 7 rings (SSSR count). The fourth-order valence-electron chi connectivity index (χ4n) is 13.1. The summed E-state index contributed by atoms with van der Waals surface area (Å²) in [4.78, 5) is 82.8. The number of nitrogens with one attached hydrogen (secondary N) is 2. The number of likely N-dealkylation sites (N-methyl/N-ethyl adjacent to an activating group) is 2. The lowest BCUT2D eigenvalue weighted by Crippen LogP contribution is -2.61. The number of carboxylic acids is 1. The summed E-state index contributed by atoms with van der Waals surface area (Å²) in [6, 6.07) is 2.59. The van der Waals surface area contributed by atoms with Gasteiger partial charge in [0, 0.05) is 68.7 Å². The highest BCUT2D eigenvalue weighted by atomic mass is 35.5. The van der Waals surface area contributed by atoms with Gasteiger partial charge in [0.2, 0.25) is 11.3 Å². The number of aliphatic hydroxyl groups is 2. The Hall–Kier alpha value is -4.77. The Morgan fingerprint density at radius 3 is 2.25 bits per heavy atom. The Kier molecular flexibility index (Phi) is 23.6. The van der Waals surface area contributed by atoms with Crippen molar-refractivity contribution in [2.45, 2.75) is 211 Å². The molecule has 2 aromatic rings. The molecule has 4 aliphatic heterocycles. The highest BCUT2D eigenvalue weighted by Gasteiger charge is 2.59. The second kappa shape index (κ2) is 29.5. The van der Waals surface area contributed by atoms with Crippen LogP contribution in [-0.4, -0.2) is 224 Å². The van der Waals surface area contributed by atoms with Crippen LogP contribution in [0.2, 0.25) is 5.02 Å². The molecule has 18 atom stereocenters. The van der Waals surface area contributed by atoms with E-state index in [2.05, 4.69) is 10.6 Å². The van der Waals surface area contributed by atoms with Crippen molar-refractivity contribution in [1.29, 1.82) is 0 Å². The first-order chi connectivity index (χ1) is 40.9. The number of aromatic nitrogens is 1. The van der Waals surface area contributed by atoms with E-state index in [0.717, 1.165) is 12.8 Å². The first-order valence-electron chi connectivity index (χ1n) is 30.4. The number of nitrogens with zero attached hydrogens (tertiary/aromatic N) is 3. The quantitative estimate of drug-likeness (QED) is 0.0568. The Labute approximate surface area is 514 Å². The van der Waals surface area contributed by atoms with Crippen LogP contribution in [-0.2, 0) is 66.5 Å². The lowest BCUT2D eigenvalue weighted by atomic mass is 9.77. The van der Waals surface area contributed by atoms with Crippen LogP contribution in [0, 0.1) is 17.8 Å². The van der Waals surface area contributed by atoms with Gasteiger partial charge >= 0.3 is 24.1 Å². The van der Waals surface area contributed by atoms with Gasteiger partial charge in [-0.1, -0.05) is 32.4 Å². The molecule has 5 fully saturated rings. The average molecular weight is 1250 g/mol. The van der Waals surface area contributed by atoms with Gasteiger partial charge in [0.1, 0.15) is 29.9 Å². The molecule has 1 aliphatic carbocycles. The van der Waals surface area contributed by atoms with Crippen molar-refractivity contribution >= 4 is 58.2 Å². The van der Waals surface area contributed by atoms with E-state index in [1.54, 1.807) is 58.2 Å². The summed E-state index contributed by atoms with van der Waals surface area (Å²) in [6.45, 7) is 18.8. The average Bonchev–Trinajstić information content (AvgIpc) is 1.84. The maximum Gasteiger partial charge on any atom is 0.509 e. The zero-order valence-electron chi connectivity index (χ0n) is 52.9. The molecule has 0 bridgehead atoms. The summed E-state index contributed by atoms with van der Waals surface area (Å²) in [5, 5.41) is 40.6. The summed E-state index contributed by atoms with van der Waals surface area (Å²) in [6.07, 6.45) is -6.60. The maximum absolute atomic E-state index is 14.8. The van der Waals surface area contributed by atoms with Gasteiger partial charge in [-0.15, -0.1) is 0 Å². The number of cyclic esters (lactones) is 1. The van der Waals surface area contributed by atoms with Gasteiger partial charge in [-0.2, -0.15) is 0 Å². The molecule has 25 nitrogen and oxygen atoms in total. The van der Waals surface area contributed by atoms with Gasteiger partial charge in [0.05, 0.1) is 78.6 Å². The number of pyridine rings is 1. The van der Waals surface area contributed by atoms with Crippen LogP contribution in [0.15, 0.2) is 23.1 Å². The number of methoxy groups -OCH3 is 1. The monoisotopic (exact) mass is 1250 g/mol. The van der Waals surface area contributed by atoms with Gasteiger partial charge < -0.3 is 87.5 Å². The van der Waals surface area contributed by atoms with Gasteiger partial charge in [-0.25, -0.2) is 9.59 Å². The highest BCUT2D eigenvalue weighted by Crippen LogP contribution is 2.43. The number of esters is 2. The molecule has 87 heavy (non-hydrogen) atoms. The standard InChI is InChI=1S/C61H94ClN5O20/c1-15-45-61(10)53(86-58(75)87-61)36(6)66(13)30-32(2)27-59(8,76)52(85-57-50(71)44(65(11)12)24-33(3)80-57)34(4)51(35(5)56(74)82-45)84-48-28-60(9,77-14)54(37(7)81-48)83-47(69)29-64-46(68)18-20-78-22-23-79-21-19-63-42-25-39-43(26-41(42)62)67(38-16-17-38)31-40(49(39)70)55(72)73/h25-26,31-38,44-45,48,50-54,57,63,71,76H,15-24,27-30H2,1-14H3,(H,64,68)(H,72,73)/t32-,33-,34+,35-,36-,37+,44+,45-,48+,50-,51+,52-,53-,54+,57+,59-,60-,61-/m1/s1. The Balaban J connectivity index is 0.960. The van der Waals surface area contributed by atoms with Gasteiger partial charge in [-0.05, 0) is 120 Å². The molecule has 1 amide bonds. The summed E-state index contributed by atoms with van der Waals surface area (Å²) in [5.41, 5.74) is -4.15. The first-order valence-corrected chi connectivity index (χ1v) is 30.8. The second-order valence-corrected chi connectivity index (χ2v) is 25.8. The smallest absolute Gasteiger partial charge is 0.477 e. The Morgan fingerprint density at radius 1 is 0.920 bits per heavy atom. The number of halogens is 1. The van der Waals surface area contributed by atoms with Crippen molar-refractivity contribution in [3.63, 3.8) is 0 Å². The molecular weight excluding hydrogens is 1160 g/mol. The number of aliphatic hydroxyl groups excluding tert-OH is 1. The van der Waals surface area contributed by atoms with Crippen molar-refractivity contribution < 1.29 is 91.4 Å². The van der Waals surface area contributed by atoms with Gasteiger partial charge in [0.25, 0.3) is 0 Å². The number of anilines is 1. The number of carbonyl (C=O) groups excluding carboxylic acids is 4. The third kappa shape index (κ3) is 16.6. The van der Waals surface area contributed by atoms with Gasteiger partial charge in [-0.3, -0.25) is 24.1 Å². The molecule has 1 aromatic heterocycles. The van der Waals surface area contributed by atoms with Crippen LogP contribution in [0.1, 0.15) is 131 Å².